The quantitative estimate of drug-likeness (QED) is 0.642. The van der Waals surface area contributed by atoms with E-state index in [4.69, 9.17) is 11.6 Å². The maximum Gasteiger partial charge on any atom is 0.235 e. The molecule has 3 aromatic rings. The number of hydrogen-bond acceptors (Lipinski definition) is 2. The van der Waals surface area contributed by atoms with E-state index < -0.39 is 0 Å². The maximum atomic E-state index is 6.19. The Bertz CT molecular complexity index is 631. The second-order valence-corrected chi connectivity index (χ2v) is 3.80. The molecule has 78 valence electrons. The van der Waals surface area contributed by atoms with Crippen LogP contribution in [0, 0.1) is 0 Å². The summed E-state index contributed by atoms with van der Waals surface area (Å²) in [5.41, 5.74) is 1.01. The molecule has 0 radical (unpaired) electrons. The predicted octanol–water partition coefficient (Wildman–Crippen LogP) is 3.07. The summed E-state index contributed by atoms with van der Waals surface area (Å²) < 4.78 is 1.83. The molecule has 0 fully saturated rings. The number of rotatable bonds is 1. The molecule has 0 atom stereocenters. The topological polar surface area (TPSA) is 30.7 Å². The van der Waals surface area contributed by atoms with Crippen molar-refractivity contribution in [3.63, 3.8) is 0 Å². The first-order valence-corrected chi connectivity index (χ1v) is 5.27. The molecule has 0 unspecified atom stereocenters. The normalized spacial score (nSPS) is 10.8. The summed E-state index contributed by atoms with van der Waals surface area (Å²) in [6, 6.07) is 11.7. The van der Waals surface area contributed by atoms with Gasteiger partial charge in [0.15, 0.2) is 0 Å². The molecule has 4 heteroatoms. The monoisotopic (exact) mass is 229 g/mol. The third kappa shape index (κ3) is 1.37. The Balaban J connectivity index is 2.35. The maximum absolute atomic E-state index is 6.19. The predicted molar refractivity (Wildman–Crippen MR) is 63.9 cm³/mol. The van der Waals surface area contributed by atoms with Crippen LogP contribution < -0.4 is 0 Å². The zero-order valence-electron chi connectivity index (χ0n) is 8.34. The summed E-state index contributed by atoms with van der Waals surface area (Å²) in [4.78, 5) is 8.40. The summed E-state index contributed by atoms with van der Waals surface area (Å²) >= 11 is 6.19. The smallest absolute Gasteiger partial charge is 0.235 e. The van der Waals surface area contributed by atoms with Gasteiger partial charge in [-0.05, 0) is 18.2 Å². The summed E-state index contributed by atoms with van der Waals surface area (Å²) in [6.45, 7) is 0. The van der Waals surface area contributed by atoms with Crippen molar-refractivity contribution in [1.82, 2.24) is 14.5 Å². The lowest BCUT2D eigenvalue weighted by Crippen LogP contribution is -1.99. The van der Waals surface area contributed by atoms with Crippen LogP contribution >= 0.6 is 11.6 Å². The number of hydrogen-bond donors (Lipinski definition) is 0. The largest absolute Gasteiger partial charge is 0.268 e. The van der Waals surface area contributed by atoms with E-state index in [-0.39, 0.29) is 0 Å². The van der Waals surface area contributed by atoms with Crippen molar-refractivity contribution in [2.24, 2.45) is 0 Å². The molecule has 0 bridgehead atoms. The minimum absolute atomic E-state index is 0.591. The Kier molecular flexibility index (Phi) is 2.11. The van der Waals surface area contributed by atoms with Crippen LogP contribution in [0.2, 0.25) is 5.15 Å². The molecule has 0 aliphatic heterocycles. The minimum atomic E-state index is 0.591. The van der Waals surface area contributed by atoms with Gasteiger partial charge in [-0.2, -0.15) is 0 Å². The van der Waals surface area contributed by atoms with Crippen LogP contribution in [0.3, 0.4) is 0 Å². The van der Waals surface area contributed by atoms with Crippen molar-refractivity contribution in [2.75, 3.05) is 0 Å². The summed E-state index contributed by atoms with van der Waals surface area (Å²) in [5, 5.41) is 1.70. The number of benzene rings is 1. The first kappa shape index (κ1) is 9.36. The van der Waals surface area contributed by atoms with Gasteiger partial charge in [0.2, 0.25) is 5.95 Å². The lowest BCUT2D eigenvalue weighted by atomic mass is 10.2. The van der Waals surface area contributed by atoms with Crippen LogP contribution in [-0.4, -0.2) is 14.5 Å². The number of aromatic nitrogens is 3. The molecule has 3 nitrogen and oxygen atoms in total. The SMILES string of the molecule is Clc1cc2ccccc2n1-c1ncccn1. The number of halogens is 1. The van der Waals surface area contributed by atoms with Gasteiger partial charge in [-0.15, -0.1) is 0 Å². The van der Waals surface area contributed by atoms with Gasteiger partial charge in [-0.3, -0.25) is 4.57 Å². The minimum Gasteiger partial charge on any atom is -0.268 e. The Hall–Kier alpha value is -1.87. The standard InChI is InChI=1S/C12H8ClN3/c13-11-8-9-4-1-2-5-10(9)16(11)12-14-6-3-7-15-12/h1-8H. The first-order chi connectivity index (χ1) is 7.86. The summed E-state index contributed by atoms with van der Waals surface area (Å²) in [7, 11) is 0. The van der Waals surface area contributed by atoms with Crippen molar-refractivity contribution < 1.29 is 0 Å². The van der Waals surface area contributed by atoms with Crippen molar-refractivity contribution in [2.45, 2.75) is 0 Å². The van der Waals surface area contributed by atoms with Crippen molar-refractivity contribution >= 4 is 22.5 Å². The molecule has 0 aliphatic carbocycles. The van der Waals surface area contributed by atoms with Gasteiger partial charge in [-0.25, -0.2) is 9.97 Å². The van der Waals surface area contributed by atoms with Gasteiger partial charge < -0.3 is 0 Å². The van der Waals surface area contributed by atoms with Crippen molar-refractivity contribution in [3.05, 3.63) is 53.9 Å². The molecule has 2 aromatic heterocycles. The molecular formula is C12H8ClN3. The van der Waals surface area contributed by atoms with Gasteiger partial charge in [0.1, 0.15) is 5.15 Å². The van der Waals surface area contributed by atoms with Gasteiger partial charge in [0, 0.05) is 17.8 Å². The number of para-hydroxylation sites is 1. The summed E-state index contributed by atoms with van der Waals surface area (Å²) in [5.74, 6) is 0.591. The van der Waals surface area contributed by atoms with E-state index in [0.29, 0.717) is 11.1 Å². The van der Waals surface area contributed by atoms with Gasteiger partial charge in [-0.1, -0.05) is 29.8 Å². The van der Waals surface area contributed by atoms with Crippen LogP contribution in [0.1, 0.15) is 0 Å². The van der Waals surface area contributed by atoms with Crippen molar-refractivity contribution in [1.29, 1.82) is 0 Å². The second kappa shape index (κ2) is 3.61. The van der Waals surface area contributed by atoms with Gasteiger partial charge in [0.25, 0.3) is 0 Å². The van der Waals surface area contributed by atoms with E-state index in [9.17, 15) is 0 Å². The molecule has 0 N–H and O–H groups in total. The van der Waals surface area contributed by atoms with Crippen molar-refractivity contribution in [3.8, 4) is 5.95 Å². The fourth-order valence-electron chi connectivity index (χ4n) is 1.73. The molecule has 0 saturated heterocycles. The molecule has 16 heavy (non-hydrogen) atoms. The van der Waals surface area contributed by atoms with E-state index in [1.54, 1.807) is 18.5 Å². The molecule has 2 heterocycles. The van der Waals surface area contributed by atoms with Crippen LogP contribution in [-0.2, 0) is 0 Å². The first-order valence-electron chi connectivity index (χ1n) is 4.89. The summed E-state index contributed by atoms with van der Waals surface area (Å²) in [6.07, 6.45) is 3.40. The van der Waals surface area contributed by atoms with E-state index in [2.05, 4.69) is 9.97 Å². The fourth-order valence-corrected chi connectivity index (χ4v) is 2.02. The third-order valence-corrected chi connectivity index (χ3v) is 2.70. The van der Waals surface area contributed by atoms with Gasteiger partial charge in [0.05, 0.1) is 5.52 Å². The average molecular weight is 230 g/mol. The molecule has 0 aliphatic rings. The Morgan fingerprint density at radius 1 is 1.00 bits per heavy atom. The highest BCUT2D eigenvalue weighted by atomic mass is 35.5. The molecule has 0 amide bonds. The number of nitrogens with zero attached hydrogens (tertiary/aromatic N) is 3. The molecule has 0 spiro atoms. The Labute approximate surface area is 97.3 Å². The third-order valence-electron chi connectivity index (χ3n) is 2.42. The Morgan fingerprint density at radius 2 is 1.75 bits per heavy atom. The van der Waals surface area contributed by atoms with E-state index in [1.807, 2.05) is 34.9 Å². The molecule has 3 rings (SSSR count). The fraction of sp³-hybridized carbons (Fsp3) is 0. The highest BCUT2D eigenvalue weighted by molar-refractivity contribution is 6.31. The molecule has 1 aromatic carbocycles. The van der Waals surface area contributed by atoms with Crippen LogP contribution in [0.5, 0.6) is 0 Å². The second-order valence-electron chi connectivity index (χ2n) is 3.41. The lowest BCUT2D eigenvalue weighted by molar-refractivity contribution is 0.963. The highest BCUT2D eigenvalue weighted by Crippen LogP contribution is 2.25. The Morgan fingerprint density at radius 3 is 2.56 bits per heavy atom. The van der Waals surface area contributed by atoms with E-state index in [0.717, 1.165) is 10.9 Å². The van der Waals surface area contributed by atoms with E-state index >= 15 is 0 Å². The molecular weight excluding hydrogens is 222 g/mol. The zero-order chi connectivity index (χ0) is 11.0. The van der Waals surface area contributed by atoms with Crippen LogP contribution in [0.15, 0.2) is 48.8 Å². The lowest BCUT2D eigenvalue weighted by Gasteiger charge is -2.03. The zero-order valence-corrected chi connectivity index (χ0v) is 9.09. The van der Waals surface area contributed by atoms with Gasteiger partial charge >= 0.3 is 0 Å². The average Bonchev–Trinajstić information content (AvgIpc) is 2.66. The van der Waals surface area contributed by atoms with Crippen LogP contribution in [0.4, 0.5) is 0 Å². The number of fused-ring (bicyclic) bond motifs is 1. The molecule has 0 saturated carbocycles. The highest BCUT2D eigenvalue weighted by Gasteiger charge is 2.09. The van der Waals surface area contributed by atoms with Crippen LogP contribution in [0.25, 0.3) is 16.9 Å². The van der Waals surface area contributed by atoms with E-state index in [1.165, 1.54) is 0 Å².